The number of aromatic hydroxyl groups is 1. The average molecular weight is 432 g/mol. The average Bonchev–Trinajstić information content (AvgIpc) is 3.16. The van der Waals surface area contributed by atoms with Gasteiger partial charge in [0.05, 0.1) is 18.0 Å². The minimum absolute atomic E-state index is 0.0189. The van der Waals surface area contributed by atoms with E-state index in [1.54, 1.807) is 11.4 Å². The van der Waals surface area contributed by atoms with E-state index in [-0.39, 0.29) is 29.9 Å². The molecule has 0 spiro atoms. The molecular formula is C21H24N2O6S. The molecule has 0 aliphatic rings. The molecule has 1 amide bonds. The summed E-state index contributed by atoms with van der Waals surface area (Å²) >= 11 is 1.36. The quantitative estimate of drug-likeness (QED) is 0.440. The van der Waals surface area contributed by atoms with Gasteiger partial charge in [-0.15, -0.1) is 11.3 Å². The summed E-state index contributed by atoms with van der Waals surface area (Å²) in [6.07, 6.45) is 2.57. The van der Waals surface area contributed by atoms with Gasteiger partial charge < -0.3 is 19.1 Å². The maximum atomic E-state index is 12.7. The fraction of sp³-hybridized carbons (Fsp3) is 0.286. The summed E-state index contributed by atoms with van der Waals surface area (Å²) in [5, 5.41) is 14.8. The molecule has 2 rings (SSSR count). The highest BCUT2D eigenvalue weighted by molar-refractivity contribution is 7.10. The third kappa shape index (κ3) is 5.25. The molecule has 0 bridgehead atoms. The predicted octanol–water partition coefficient (Wildman–Crippen LogP) is 3.45. The Bertz CT molecular complexity index is 1020. The van der Waals surface area contributed by atoms with E-state index < -0.39 is 17.4 Å². The lowest BCUT2D eigenvalue weighted by Gasteiger charge is -2.13. The predicted molar refractivity (Wildman–Crippen MR) is 117 cm³/mol. The molecule has 0 saturated heterocycles. The Morgan fingerprint density at radius 1 is 1.30 bits per heavy atom. The van der Waals surface area contributed by atoms with Gasteiger partial charge in [-0.1, -0.05) is 19.2 Å². The van der Waals surface area contributed by atoms with Crippen LogP contribution in [0.5, 0.6) is 5.75 Å². The molecule has 2 aromatic rings. The summed E-state index contributed by atoms with van der Waals surface area (Å²) in [5.41, 5.74) is 0.355. The smallest absolute Gasteiger partial charge is 0.411 e. The van der Waals surface area contributed by atoms with Crippen LogP contribution < -0.4 is 10.9 Å². The van der Waals surface area contributed by atoms with Crippen LogP contribution in [-0.2, 0) is 22.9 Å². The fourth-order valence-corrected chi connectivity index (χ4v) is 3.65. The van der Waals surface area contributed by atoms with E-state index in [2.05, 4.69) is 18.5 Å². The number of pyridine rings is 1. The van der Waals surface area contributed by atoms with Gasteiger partial charge in [0.15, 0.2) is 5.78 Å². The Balaban J connectivity index is 2.09. The van der Waals surface area contributed by atoms with Crippen molar-refractivity contribution < 1.29 is 24.2 Å². The lowest BCUT2D eigenvalue weighted by Crippen LogP contribution is -2.27. The lowest BCUT2D eigenvalue weighted by atomic mass is 10.0. The van der Waals surface area contributed by atoms with Gasteiger partial charge in [-0.05, 0) is 18.6 Å². The number of carbonyl (C=O) groups is 2. The van der Waals surface area contributed by atoms with Crippen molar-refractivity contribution in [2.75, 3.05) is 25.6 Å². The highest BCUT2D eigenvalue weighted by atomic mass is 32.1. The van der Waals surface area contributed by atoms with Gasteiger partial charge in [-0.25, -0.2) is 4.79 Å². The van der Waals surface area contributed by atoms with Crippen molar-refractivity contribution in [1.82, 2.24) is 4.57 Å². The number of hydrogen-bond donors (Lipinski definition) is 2. The number of aromatic nitrogens is 1. The van der Waals surface area contributed by atoms with Gasteiger partial charge in [0.25, 0.3) is 5.56 Å². The van der Waals surface area contributed by atoms with E-state index in [4.69, 9.17) is 9.47 Å². The van der Waals surface area contributed by atoms with E-state index in [1.165, 1.54) is 42.2 Å². The van der Waals surface area contributed by atoms with Gasteiger partial charge in [-0.2, -0.15) is 0 Å². The Hall–Kier alpha value is -3.17. The van der Waals surface area contributed by atoms with E-state index in [1.807, 2.05) is 0 Å². The van der Waals surface area contributed by atoms with E-state index >= 15 is 0 Å². The molecule has 0 aromatic carbocycles. The molecule has 0 radical (unpaired) electrons. The normalized spacial score (nSPS) is 10.5. The number of hydrogen-bond acceptors (Lipinski definition) is 7. The molecule has 2 N–H and O–H groups in total. The zero-order chi connectivity index (χ0) is 22.3. The second kappa shape index (κ2) is 10.6. The Morgan fingerprint density at radius 2 is 2.03 bits per heavy atom. The first-order valence-electron chi connectivity index (χ1n) is 9.08. The Kier molecular flexibility index (Phi) is 8.14. The molecule has 0 aliphatic heterocycles. The first-order valence-corrected chi connectivity index (χ1v) is 9.96. The van der Waals surface area contributed by atoms with Gasteiger partial charge >= 0.3 is 6.09 Å². The zero-order valence-electron chi connectivity index (χ0n) is 16.9. The van der Waals surface area contributed by atoms with Crippen LogP contribution in [-0.4, -0.2) is 41.9 Å². The maximum absolute atomic E-state index is 12.7. The van der Waals surface area contributed by atoms with Gasteiger partial charge in [0, 0.05) is 36.4 Å². The Labute approximate surface area is 178 Å². The van der Waals surface area contributed by atoms with Crippen molar-refractivity contribution in [3.8, 4) is 5.75 Å². The van der Waals surface area contributed by atoms with Crippen molar-refractivity contribution in [1.29, 1.82) is 0 Å². The van der Waals surface area contributed by atoms with Gasteiger partial charge in [-0.3, -0.25) is 14.9 Å². The van der Waals surface area contributed by atoms with Crippen molar-refractivity contribution in [3.05, 3.63) is 56.7 Å². The molecule has 0 unspecified atom stereocenters. The van der Waals surface area contributed by atoms with Crippen LogP contribution in [0.4, 0.5) is 10.5 Å². The summed E-state index contributed by atoms with van der Waals surface area (Å²) in [6, 6.07) is 1.73. The number of rotatable bonds is 10. The van der Waals surface area contributed by atoms with Crippen LogP contribution in [0.15, 0.2) is 29.4 Å². The van der Waals surface area contributed by atoms with Crippen molar-refractivity contribution in [3.63, 3.8) is 0 Å². The minimum atomic E-state index is -0.597. The molecule has 0 aliphatic carbocycles. The lowest BCUT2D eigenvalue weighted by molar-refractivity contribution is 0.0978. The SMILES string of the molecule is C=Cc1c(O)c(C(=O)CCc2cc(NC(=O)OCCOC)cs2)c(=O)n(C)c1C=C. The summed E-state index contributed by atoms with van der Waals surface area (Å²) in [6.45, 7) is 7.71. The molecule has 2 aromatic heterocycles. The van der Waals surface area contributed by atoms with Gasteiger partial charge in [0.1, 0.15) is 17.9 Å². The minimum Gasteiger partial charge on any atom is -0.506 e. The summed E-state index contributed by atoms with van der Waals surface area (Å²) in [4.78, 5) is 37.7. The summed E-state index contributed by atoms with van der Waals surface area (Å²) in [7, 11) is 3.01. The number of ketones is 1. The molecule has 8 nitrogen and oxygen atoms in total. The van der Waals surface area contributed by atoms with E-state index in [9.17, 15) is 19.5 Å². The number of thiophene rings is 1. The zero-order valence-corrected chi connectivity index (χ0v) is 17.7. The number of aryl methyl sites for hydroxylation is 1. The molecule has 160 valence electrons. The highest BCUT2D eigenvalue weighted by Crippen LogP contribution is 2.27. The van der Waals surface area contributed by atoms with E-state index in [0.29, 0.717) is 24.4 Å². The number of anilines is 1. The summed E-state index contributed by atoms with van der Waals surface area (Å²) < 4.78 is 11.0. The molecule has 0 saturated carbocycles. The third-order valence-corrected chi connectivity index (χ3v) is 5.34. The van der Waals surface area contributed by atoms with Crippen LogP contribution in [0.3, 0.4) is 0 Å². The van der Waals surface area contributed by atoms with Crippen molar-refractivity contribution in [2.45, 2.75) is 12.8 Å². The number of nitrogens with zero attached hydrogens (tertiary/aromatic N) is 1. The van der Waals surface area contributed by atoms with Crippen LogP contribution in [0.2, 0.25) is 0 Å². The van der Waals surface area contributed by atoms with E-state index in [0.717, 1.165) is 4.88 Å². The van der Waals surface area contributed by atoms with Crippen molar-refractivity contribution >= 4 is 41.1 Å². The molecule has 2 heterocycles. The third-order valence-electron chi connectivity index (χ3n) is 4.34. The second-order valence-corrected chi connectivity index (χ2v) is 7.27. The number of methoxy groups -OCH3 is 1. The first-order chi connectivity index (χ1) is 14.3. The van der Waals surface area contributed by atoms with Crippen LogP contribution in [0.25, 0.3) is 12.2 Å². The molecule has 0 atom stereocenters. The number of amides is 1. The van der Waals surface area contributed by atoms with Crippen molar-refractivity contribution in [2.24, 2.45) is 7.05 Å². The Morgan fingerprint density at radius 3 is 2.67 bits per heavy atom. The topological polar surface area (TPSA) is 107 Å². The summed E-state index contributed by atoms with van der Waals surface area (Å²) in [5.74, 6) is -0.867. The van der Waals surface area contributed by atoms with Crippen LogP contribution >= 0.6 is 11.3 Å². The maximum Gasteiger partial charge on any atom is 0.411 e. The number of ether oxygens (including phenoxy) is 2. The molecular weight excluding hydrogens is 408 g/mol. The number of carbonyl (C=O) groups excluding carboxylic acids is 2. The highest BCUT2D eigenvalue weighted by Gasteiger charge is 2.22. The number of Topliss-reactive ketones (excluding diaryl/α,β-unsaturated/α-hetero) is 1. The fourth-order valence-electron chi connectivity index (χ4n) is 2.83. The largest absolute Gasteiger partial charge is 0.506 e. The van der Waals surface area contributed by atoms with Crippen LogP contribution in [0, 0.1) is 0 Å². The molecule has 0 fully saturated rings. The van der Waals surface area contributed by atoms with Crippen LogP contribution in [0.1, 0.15) is 32.9 Å². The first kappa shape index (κ1) is 23.1. The van der Waals surface area contributed by atoms with Gasteiger partial charge in [0.2, 0.25) is 0 Å². The molecule has 9 heteroatoms. The monoisotopic (exact) mass is 432 g/mol. The standard InChI is InChI=1S/C21H24N2O6S/c1-5-15-16(6-2)23(3)20(26)18(19(15)25)17(24)8-7-14-11-13(12-30-14)22-21(27)29-10-9-28-4/h5-6,11-12,25H,1-2,7-10H2,3-4H3,(H,22,27). The second-order valence-electron chi connectivity index (χ2n) is 6.27. The molecule has 30 heavy (non-hydrogen) atoms. The number of nitrogens with one attached hydrogen (secondary N) is 1.